The van der Waals surface area contributed by atoms with Crippen molar-refractivity contribution in [3.8, 4) is 6.07 Å². The zero-order chi connectivity index (χ0) is 18.5. The molecule has 0 aliphatic carbocycles. The van der Waals surface area contributed by atoms with E-state index in [-0.39, 0.29) is 12.0 Å². The van der Waals surface area contributed by atoms with Crippen LogP contribution in [0, 0.1) is 11.3 Å². The van der Waals surface area contributed by atoms with Crippen LogP contribution in [0.5, 0.6) is 0 Å². The first-order valence-corrected chi connectivity index (χ1v) is 9.61. The summed E-state index contributed by atoms with van der Waals surface area (Å²) in [6, 6.07) is 2.22. The monoisotopic (exact) mass is 379 g/mol. The van der Waals surface area contributed by atoms with Crippen LogP contribution in [0.3, 0.4) is 0 Å². The third-order valence-corrected chi connectivity index (χ3v) is 5.69. The second kappa shape index (κ2) is 8.49. The largest absolute Gasteiger partial charge is 0.450 e. The highest BCUT2D eigenvalue weighted by molar-refractivity contribution is 7.16. The predicted octanol–water partition coefficient (Wildman–Crippen LogP) is -0.0120. The van der Waals surface area contributed by atoms with Gasteiger partial charge in [0.05, 0.1) is 31.9 Å². The Morgan fingerprint density at radius 3 is 2.88 bits per heavy atom. The quantitative estimate of drug-likeness (QED) is 0.767. The lowest BCUT2D eigenvalue weighted by Crippen LogP contribution is -3.15. The van der Waals surface area contributed by atoms with E-state index >= 15 is 0 Å². The molecule has 0 spiro atoms. The van der Waals surface area contributed by atoms with Crippen LogP contribution in [0.1, 0.15) is 22.9 Å². The Kier molecular flexibility index (Phi) is 6.08. The molecule has 2 N–H and O–H groups in total. The number of fused-ring (bicyclic) bond motifs is 1. The number of nitriles is 1. The van der Waals surface area contributed by atoms with Gasteiger partial charge in [-0.2, -0.15) is 5.26 Å². The highest BCUT2D eigenvalue weighted by Gasteiger charge is 2.28. The maximum atomic E-state index is 12.4. The third kappa shape index (κ3) is 4.15. The number of thiophene rings is 1. The van der Waals surface area contributed by atoms with Crippen molar-refractivity contribution in [2.45, 2.75) is 19.9 Å². The Morgan fingerprint density at radius 1 is 1.42 bits per heavy atom. The molecule has 0 radical (unpaired) electrons. The molecule has 26 heavy (non-hydrogen) atoms. The number of hydrogen-bond acceptors (Lipinski definition) is 6. The zero-order valence-electron chi connectivity index (χ0n) is 14.8. The minimum absolute atomic E-state index is 0.0979. The smallest absolute Gasteiger partial charge is 0.410 e. The minimum Gasteiger partial charge on any atom is -0.450 e. The summed E-state index contributed by atoms with van der Waals surface area (Å²) in [6.07, 6.45) is 0.254. The highest BCUT2D eigenvalue weighted by Crippen LogP contribution is 2.36. The Morgan fingerprint density at radius 2 is 2.19 bits per heavy atom. The van der Waals surface area contributed by atoms with Crippen molar-refractivity contribution < 1.29 is 24.0 Å². The third-order valence-electron chi connectivity index (χ3n) is 4.56. The van der Waals surface area contributed by atoms with Crippen molar-refractivity contribution in [3.05, 3.63) is 16.0 Å². The van der Waals surface area contributed by atoms with Gasteiger partial charge in [0, 0.05) is 11.4 Å². The maximum absolute atomic E-state index is 12.4. The number of ether oxygens (including phenoxy) is 2. The van der Waals surface area contributed by atoms with E-state index in [1.807, 2.05) is 0 Å². The minimum atomic E-state index is -0.341. The standard InChI is InChI=1S/C17H22N4O4S/c1-2-25-17(23)21-4-3-12-13(9-18)16(26-14(12)10-21)19-15(22)11-20-5-7-24-8-6-20/h2-8,10-11H2,1H3,(H,19,22)/p+1. The van der Waals surface area contributed by atoms with E-state index in [4.69, 9.17) is 9.47 Å². The lowest BCUT2D eigenvalue weighted by molar-refractivity contribution is -0.899. The van der Waals surface area contributed by atoms with E-state index in [1.54, 1.807) is 11.8 Å². The van der Waals surface area contributed by atoms with Gasteiger partial charge in [-0.05, 0) is 18.9 Å². The lowest BCUT2D eigenvalue weighted by atomic mass is 10.0. The molecule has 0 aromatic carbocycles. The molecule has 0 unspecified atom stereocenters. The van der Waals surface area contributed by atoms with Crippen LogP contribution in [0.4, 0.5) is 9.80 Å². The Hall–Kier alpha value is -2.15. The SMILES string of the molecule is CCOC(=O)N1CCc2c(sc(NC(=O)C[NH+]3CCOCC3)c2C#N)C1. The molecular formula is C17H23N4O4S+. The summed E-state index contributed by atoms with van der Waals surface area (Å²) in [5.74, 6) is -0.0979. The van der Waals surface area contributed by atoms with Gasteiger partial charge in [-0.1, -0.05) is 0 Å². The van der Waals surface area contributed by atoms with Crippen LogP contribution < -0.4 is 10.2 Å². The van der Waals surface area contributed by atoms with Crippen molar-refractivity contribution in [1.29, 1.82) is 5.26 Å². The number of hydrogen-bond donors (Lipinski definition) is 2. The van der Waals surface area contributed by atoms with Gasteiger partial charge in [0.1, 0.15) is 24.2 Å². The molecule has 0 saturated carbocycles. The summed E-state index contributed by atoms with van der Waals surface area (Å²) in [6.45, 7) is 6.37. The summed E-state index contributed by atoms with van der Waals surface area (Å²) in [4.78, 5) is 28.0. The van der Waals surface area contributed by atoms with Gasteiger partial charge in [0.25, 0.3) is 5.91 Å². The highest BCUT2D eigenvalue weighted by atomic mass is 32.1. The topological polar surface area (TPSA) is 96.1 Å². The summed E-state index contributed by atoms with van der Waals surface area (Å²) in [5, 5.41) is 13.0. The predicted molar refractivity (Wildman–Crippen MR) is 95.2 cm³/mol. The molecule has 0 bridgehead atoms. The first-order chi connectivity index (χ1) is 12.6. The van der Waals surface area contributed by atoms with Crippen molar-refractivity contribution in [2.24, 2.45) is 0 Å². The van der Waals surface area contributed by atoms with Gasteiger partial charge < -0.3 is 24.6 Å². The van der Waals surface area contributed by atoms with E-state index in [0.717, 1.165) is 23.5 Å². The number of carbonyl (C=O) groups is 2. The second-order valence-corrected chi connectivity index (χ2v) is 7.38. The molecule has 1 saturated heterocycles. The molecule has 1 aromatic heterocycles. The summed E-state index contributed by atoms with van der Waals surface area (Å²) < 4.78 is 10.4. The number of rotatable bonds is 4. The van der Waals surface area contributed by atoms with Crippen LogP contribution in [0.2, 0.25) is 0 Å². The summed E-state index contributed by atoms with van der Waals surface area (Å²) in [7, 11) is 0. The lowest BCUT2D eigenvalue weighted by Gasteiger charge is -2.25. The van der Waals surface area contributed by atoms with Crippen LogP contribution in [-0.2, 0) is 27.2 Å². The fraction of sp³-hybridized carbons (Fsp3) is 0.588. The van der Waals surface area contributed by atoms with E-state index < -0.39 is 0 Å². The Labute approximate surface area is 156 Å². The van der Waals surface area contributed by atoms with E-state index in [2.05, 4.69) is 11.4 Å². The van der Waals surface area contributed by atoms with Crippen molar-refractivity contribution in [2.75, 3.05) is 51.3 Å². The van der Waals surface area contributed by atoms with Gasteiger partial charge in [-0.15, -0.1) is 11.3 Å². The summed E-state index contributed by atoms with van der Waals surface area (Å²) >= 11 is 1.38. The van der Waals surface area contributed by atoms with E-state index in [9.17, 15) is 14.9 Å². The molecule has 1 aromatic rings. The van der Waals surface area contributed by atoms with Crippen molar-refractivity contribution >= 4 is 28.3 Å². The molecule has 8 nitrogen and oxygen atoms in total. The zero-order valence-corrected chi connectivity index (χ0v) is 15.6. The molecule has 3 heterocycles. The fourth-order valence-corrected chi connectivity index (χ4v) is 4.45. The molecular weight excluding hydrogens is 356 g/mol. The second-order valence-electron chi connectivity index (χ2n) is 6.28. The van der Waals surface area contributed by atoms with Crippen molar-refractivity contribution in [1.82, 2.24) is 4.90 Å². The van der Waals surface area contributed by atoms with Crippen molar-refractivity contribution in [3.63, 3.8) is 0 Å². The molecule has 2 aliphatic rings. The number of carbonyl (C=O) groups excluding carboxylic acids is 2. The number of nitrogens with zero attached hydrogens (tertiary/aromatic N) is 2. The first kappa shape index (κ1) is 18.6. The van der Waals surface area contributed by atoms with Crippen LogP contribution in [0.15, 0.2) is 0 Å². The van der Waals surface area contributed by atoms with Crippen LogP contribution >= 0.6 is 11.3 Å². The van der Waals surface area contributed by atoms with Crippen LogP contribution in [0.25, 0.3) is 0 Å². The fourth-order valence-electron chi connectivity index (χ4n) is 3.22. The number of amides is 2. The van der Waals surface area contributed by atoms with Crippen LogP contribution in [-0.4, -0.2) is 62.9 Å². The first-order valence-electron chi connectivity index (χ1n) is 8.79. The average molecular weight is 379 g/mol. The van der Waals surface area contributed by atoms with Gasteiger partial charge in [0.15, 0.2) is 6.54 Å². The normalized spacial score (nSPS) is 17.3. The molecule has 2 amide bonds. The average Bonchev–Trinajstić information content (AvgIpc) is 2.98. The van der Waals surface area contributed by atoms with E-state index in [1.165, 1.54) is 16.2 Å². The number of anilines is 1. The number of quaternary nitrogens is 1. The summed E-state index contributed by atoms with van der Waals surface area (Å²) in [5.41, 5.74) is 1.46. The maximum Gasteiger partial charge on any atom is 0.410 e. The molecule has 1 fully saturated rings. The Bertz CT molecular complexity index is 721. The molecule has 2 aliphatic heterocycles. The number of nitrogens with one attached hydrogen (secondary N) is 2. The molecule has 140 valence electrons. The molecule has 3 rings (SSSR count). The van der Waals surface area contributed by atoms with Gasteiger partial charge in [0.2, 0.25) is 0 Å². The van der Waals surface area contributed by atoms with Gasteiger partial charge in [-0.3, -0.25) is 4.79 Å². The van der Waals surface area contributed by atoms with E-state index in [0.29, 0.717) is 56.4 Å². The Balaban J connectivity index is 1.68. The molecule has 9 heteroatoms. The van der Waals surface area contributed by atoms with Gasteiger partial charge >= 0.3 is 6.09 Å². The molecule has 0 atom stereocenters. The number of morpholine rings is 1. The van der Waals surface area contributed by atoms with Gasteiger partial charge in [-0.25, -0.2) is 4.79 Å².